The van der Waals surface area contributed by atoms with E-state index < -0.39 is 0 Å². The van der Waals surface area contributed by atoms with Gasteiger partial charge in [-0.3, -0.25) is 0 Å². The molecule has 0 aromatic heterocycles. The first kappa shape index (κ1) is 12.3. The molecule has 0 N–H and O–H groups in total. The van der Waals surface area contributed by atoms with Gasteiger partial charge < -0.3 is 0 Å². The van der Waals surface area contributed by atoms with Crippen molar-refractivity contribution >= 4 is 0 Å². The first-order valence-electron chi connectivity index (χ1n) is 7.57. The lowest BCUT2D eigenvalue weighted by atomic mass is 9.65. The SMILES string of the molecule is CC1(C)CCCC2(C)C(/C=C/C#N)C3CCC2C31. The van der Waals surface area contributed by atoms with E-state index in [9.17, 15) is 0 Å². The molecule has 0 spiro atoms. The predicted octanol–water partition coefficient (Wildman–Crippen LogP) is 4.55. The fourth-order valence-electron chi connectivity index (χ4n) is 5.99. The van der Waals surface area contributed by atoms with Crippen LogP contribution in [0.4, 0.5) is 0 Å². The first-order chi connectivity index (χ1) is 8.50. The number of nitrogens with zero attached hydrogens (tertiary/aromatic N) is 1. The van der Waals surface area contributed by atoms with Crippen molar-refractivity contribution in [3.63, 3.8) is 0 Å². The Labute approximate surface area is 111 Å². The molecule has 18 heavy (non-hydrogen) atoms. The van der Waals surface area contributed by atoms with Crippen molar-refractivity contribution < 1.29 is 0 Å². The number of rotatable bonds is 1. The van der Waals surface area contributed by atoms with E-state index in [1.54, 1.807) is 6.08 Å². The lowest BCUT2D eigenvalue weighted by molar-refractivity contribution is 0.119. The normalized spacial score (nSPS) is 49.2. The summed E-state index contributed by atoms with van der Waals surface area (Å²) in [5.74, 6) is 3.33. The second kappa shape index (κ2) is 3.86. The zero-order valence-corrected chi connectivity index (χ0v) is 11.9. The lowest BCUT2D eigenvalue weighted by Gasteiger charge is -2.40. The van der Waals surface area contributed by atoms with E-state index in [1.165, 1.54) is 32.1 Å². The third-order valence-electron chi connectivity index (χ3n) is 6.59. The standard InChI is InChI=1S/C17H25N/c1-16(2)9-5-10-17(3)13(6-4-11-18)12-7-8-14(17)15(12)16/h4,6,12-15H,5,7-10H2,1-3H3/b6-4+. The van der Waals surface area contributed by atoms with Crippen molar-refractivity contribution in [2.24, 2.45) is 34.5 Å². The summed E-state index contributed by atoms with van der Waals surface area (Å²) in [7, 11) is 0. The van der Waals surface area contributed by atoms with Crippen molar-refractivity contribution in [1.82, 2.24) is 0 Å². The van der Waals surface area contributed by atoms with Crippen molar-refractivity contribution in [2.75, 3.05) is 0 Å². The molecule has 98 valence electrons. The molecule has 3 fully saturated rings. The third kappa shape index (κ3) is 1.44. The highest BCUT2D eigenvalue weighted by molar-refractivity contribution is 5.19. The summed E-state index contributed by atoms with van der Waals surface area (Å²) in [6.07, 6.45) is 11.0. The summed E-state index contributed by atoms with van der Waals surface area (Å²) >= 11 is 0. The summed E-state index contributed by atoms with van der Waals surface area (Å²) in [6.45, 7) is 7.49. The summed E-state index contributed by atoms with van der Waals surface area (Å²) in [5.41, 5.74) is 0.994. The van der Waals surface area contributed by atoms with Crippen LogP contribution in [-0.2, 0) is 0 Å². The second-order valence-electron chi connectivity index (χ2n) is 7.74. The Balaban J connectivity index is 2.02. The van der Waals surface area contributed by atoms with Crippen LogP contribution in [0.2, 0.25) is 0 Å². The molecule has 1 heteroatoms. The van der Waals surface area contributed by atoms with Crippen LogP contribution in [0.15, 0.2) is 12.2 Å². The van der Waals surface area contributed by atoms with Crippen LogP contribution in [0.5, 0.6) is 0 Å². The molecular formula is C17H25N. The molecule has 1 nitrogen and oxygen atoms in total. The van der Waals surface area contributed by atoms with Crippen molar-refractivity contribution in [3.8, 4) is 6.07 Å². The molecule has 0 aromatic carbocycles. The van der Waals surface area contributed by atoms with E-state index in [0.717, 1.165) is 17.8 Å². The maximum absolute atomic E-state index is 8.84. The fraction of sp³-hybridized carbons (Fsp3) is 0.824. The van der Waals surface area contributed by atoms with Gasteiger partial charge in [0.15, 0.2) is 0 Å². The number of hydrogen-bond donors (Lipinski definition) is 0. The summed E-state index contributed by atoms with van der Waals surface area (Å²) < 4.78 is 0. The zero-order valence-electron chi connectivity index (χ0n) is 11.9. The molecule has 0 saturated heterocycles. The fourth-order valence-corrected chi connectivity index (χ4v) is 5.99. The molecule has 4 bridgehead atoms. The second-order valence-corrected chi connectivity index (χ2v) is 7.74. The monoisotopic (exact) mass is 243 g/mol. The minimum Gasteiger partial charge on any atom is -0.193 e. The molecule has 3 aliphatic rings. The van der Waals surface area contributed by atoms with Gasteiger partial charge in [-0.25, -0.2) is 0 Å². The Morgan fingerprint density at radius 1 is 1.17 bits per heavy atom. The molecule has 0 amide bonds. The maximum Gasteiger partial charge on any atom is 0.0908 e. The molecule has 5 unspecified atom stereocenters. The minimum atomic E-state index is 0.481. The highest BCUT2D eigenvalue weighted by Gasteiger charge is 2.63. The summed E-state index contributed by atoms with van der Waals surface area (Å²) in [6, 6.07) is 2.21. The van der Waals surface area contributed by atoms with Gasteiger partial charge in [0.2, 0.25) is 0 Å². The number of hydrogen-bond acceptors (Lipinski definition) is 1. The van der Waals surface area contributed by atoms with Gasteiger partial charge in [0, 0.05) is 6.08 Å². The lowest BCUT2D eigenvalue weighted by Crippen LogP contribution is -2.32. The van der Waals surface area contributed by atoms with Gasteiger partial charge in [-0.2, -0.15) is 5.26 Å². The van der Waals surface area contributed by atoms with Crippen LogP contribution in [0.25, 0.3) is 0 Å². The molecule has 0 heterocycles. The Morgan fingerprint density at radius 2 is 1.94 bits per heavy atom. The van der Waals surface area contributed by atoms with Crippen molar-refractivity contribution in [2.45, 2.75) is 52.9 Å². The van der Waals surface area contributed by atoms with Gasteiger partial charge in [-0.15, -0.1) is 0 Å². The Kier molecular flexibility index (Phi) is 2.63. The van der Waals surface area contributed by atoms with Gasteiger partial charge in [-0.05, 0) is 60.2 Å². The Bertz CT molecular complexity index is 414. The molecule has 0 aliphatic heterocycles. The van der Waals surface area contributed by atoms with E-state index in [4.69, 9.17) is 5.26 Å². The minimum absolute atomic E-state index is 0.481. The summed E-state index contributed by atoms with van der Waals surface area (Å²) in [4.78, 5) is 0. The average molecular weight is 243 g/mol. The maximum atomic E-state index is 8.84. The Hall–Kier alpha value is -0.770. The van der Waals surface area contributed by atoms with E-state index >= 15 is 0 Å². The van der Waals surface area contributed by atoms with E-state index in [2.05, 4.69) is 32.9 Å². The number of nitriles is 1. The van der Waals surface area contributed by atoms with Gasteiger partial charge in [0.25, 0.3) is 0 Å². The van der Waals surface area contributed by atoms with E-state index in [0.29, 0.717) is 16.7 Å². The molecule has 3 rings (SSSR count). The third-order valence-corrected chi connectivity index (χ3v) is 6.59. The van der Waals surface area contributed by atoms with Crippen LogP contribution in [0, 0.1) is 45.8 Å². The van der Waals surface area contributed by atoms with Crippen LogP contribution < -0.4 is 0 Å². The van der Waals surface area contributed by atoms with Gasteiger partial charge in [0.05, 0.1) is 6.07 Å². The Morgan fingerprint density at radius 3 is 2.67 bits per heavy atom. The van der Waals surface area contributed by atoms with Gasteiger partial charge in [-0.1, -0.05) is 33.3 Å². The van der Waals surface area contributed by atoms with Crippen LogP contribution in [0.3, 0.4) is 0 Å². The average Bonchev–Trinajstić information content (AvgIpc) is 2.79. The molecular weight excluding hydrogens is 218 g/mol. The van der Waals surface area contributed by atoms with Gasteiger partial charge >= 0.3 is 0 Å². The topological polar surface area (TPSA) is 23.8 Å². The quantitative estimate of drug-likeness (QED) is 0.620. The van der Waals surface area contributed by atoms with Crippen LogP contribution in [-0.4, -0.2) is 0 Å². The highest BCUT2D eigenvalue weighted by atomic mass is 14.7. The highest BCUT2D eigenvalue weighted by Crippen LogP contribution is 2.70. The van der Waals surface area contributed by atoms with Crippen molar-refractivity contribution in [3.05, 3.63) is 12.2 Å². The smallest absolute Gasteiger partial charge is 0.0908 e. The molecule has 3 saturated carbocycles. The van der Waals surface area contributed by atoms with E-state index in [-0.39, 0.29) is 0 Å². The molecule has 3 aliphatic carbocycles. The molecule has 0 radical (unpaired) electrons. The van der Waals surface area contributed by atoms with Gasteiger partial charge in [0.1, 0.15) is 0 Å². The van der Waals surface area contributed by atoms with Crippen LogP contribution in [0.1, 0.15) is 52.9 Å². The molecule has 5 atom stereocenters. The largest absolute Gasteiger partial charge is 0.193 e. The zero-order chi connectivity index (χ0) is 13.0. The first-order valence-corrected chi connectivity index (χ1v) is 7.57. The van der Waals surface area contributed by atoms with Crippen molar-refractivity contribution in [1.29, 1.82) is 5.26 Å². The molecule has 0 aromatic rings. The number of allylic oxidation sites excluding steroid dienone is 2. The summed E-state index contributed by atoms with van der Waals surface area (Å²) in [5, 5.41) is 8.84. The van der Waals surface area contributed by atoms with E-state index in [1.807, 2.05) is 0 Å². The predicted molar refractivity (Wildman–Crippen MR) is 73.7 cm³/mol. The van der Waals surface area contributed by atoms with Crippen LogP contribution >= 0.6 is 0 Å².